The summed E-state index contributed by atoms with van der Waals surface area (Å²) in [6.07, 6.45) is 0. The molecule has 0 unspecified atom stereocenters. The van der Waals surface area contributed by atoms with Crippen molar-refractivity contribution >= 4 is 39.2 Å². The number of nitro benzene ring substituents is 1. The Balaban J connectivity index is 3.58. The van der Waals surface area contributed by atoms with Gasteiger partial charge >= 0.3 is 5.97 Å². The number of aromatic carboxylic acids is 1. The lowest BCUT2D eigenvalue weighted by molar-refractivity contribution is -0.385. The molecule has 80 valence electrons. The van der Waals surface area contributed by atoms with E-state index in [1.54, 1.807) is 0 Å². The first kappa shape index (κ1) is 11.9. The van der Waals surface area contributed by atoms with Crippen LogP contribution in [0.2, 0.25) is 5.02 Å². The van der Waals surface area contributed by atoms with Gasteiger partial charge in [0.25, 0.3) is 5.69 Å². The van der Waals surface area contributed by atoms with Gasteiger partial charge in [0.05, 0.1) is 9.95 Å². The van der Waals surface area contributed by atoms with Crippen LogP contribution in [0.15, 0.2) is 12.1 Å². The van der Waals surface area contributed by atoms with Crippen molar-refractivity contribution in [1.82, 2.24) is 0 Å². The Hall–Kier alpha value is -1.14. The molecule has 0 heterocycles. The highest BCUT2D eigenvalue weighted by molar-refractivity contribution is 9.08. The molecule has 5 nitrogen and oxygen atoms in total. The van der Waals surface area contributed by atoms with Gasteiger partial charge < -0.3 is 5.11 Å². The molecule has 0 atom stereocenters. The van der Waals surface area contributed by atoms with Crippen LogP contribution in [0.4, 0.5) is 5.69 Å². The van der Waals surface area contributed by atoms with E-state index in [0.717, 1.165) is 0 Å². The second kappa shape index (κ2) is 4.59. The zero-order valence-electron chi connectivity index (χ0n) is 7.24. The van der Waals surface area contributed by atoms with Gasteiger partial charge in [-0.1, -0.05) is 27.5 Å². The zero-order valence-corrected chi connectivity index (χ0v) is 9.58. The molecule has 0 spiro atoms. The number of carboxylic acid groups (broad SMARTS) is 1. The molecular formula is C8H5BrClNO4. The van der Waals surface area contributed by atoms with E-state index in [9.17, 15) is 14.9 Å². The molecule has 0 saturated carbocycles. The van der Waals surface area contributed by atoms with Crippen LogP contribution >= 0.6 is 27.5 Å². The average molecular weight is 294 g/mol. The Morgan fingerprint density at radius 2 is 2.20 bits per heavy atom. The monoisotopic (exact) mass is 293 g/mol. The van der Waals surface area contributed by atoms with Gasteiger partial charge in [0.2, 0.25) is 0 Å². The van der Waals surface area contributed by atoms with Crippen molar-refractivity contribution in [3.05, 3.63) is 38.4 Å². The summed E-state index contributed by atoms with van der Waals surface area (Å²) in [4.78, 5) is 20.8. The molecule has 1 aromatic rings. The van der Waals surface area contributed by atoms with Gasteiger partial charge in [-0.2, -0.15) is 0 Å². The van der Waals surface area contributed by atoms with E-state index in [2.05, 4.69) is 15.9 Å². The normalized spacial score (nSPS) is 10.0. The Morgan fingerprint density at radius 3 is 2.60 bits per heavy atom. The number of nitro groups is 1. The molecule has 0 amide bonds. The van der Waals surface area contributed by atoms with Crippen LogP contribution < -0.4 is 0 Å². The first-order valence-corrected chi connectivity index (χ1v) is 5.24. The number of hydrogen-bond donors (Lipinski definition) is 1. The third-order valence-electron chi connectivity index (χ3n) is 1.75. The number of carbonyl (C=O) groups is 1. The number of rotatable bonds is 3. The quantitative estimate of drug-likeness (QED) is 0.528. The summed E-state index contributed by atoms with van der Waals surface area (Å²) in [6, 6.07) is 2.75. The number of halogens is 2. The van der Waals surface area contributed by atoms with E-state index in [-0.39, 0.29) is 15.9 Å². The number of carboxylic acids is 1. The van der Waals surface area contributed by atoms with Gasteiger partial charge in [-0.05, 0) is 12.1 Å². The molecule has 0 radical (unpaired) electrons. The van der Waals surface area contributed by atoms with Crippen molar-refractivity contribution in [3.8, 4) is 0 Å². The summed E-state index contributed by atoms with van der Waals surface area (Å²) < 4.78 is 0. The zero-order chi connectivity index (χ0) is 11.6. The second-order valence-electron chi connectivity index (χ2n) is 2.63. The summed E-state index contributed by atoms with van der Waals surface area (Å²) in [6.45, 7) is 0. The summed E-state index contributed by atoms with van der Waals surface area (Å²) >= 11 is 8.64. The highest BCUT2D eigenvalue weighted by Crippen LogP contribution is 2.31. The van der Waals surface area contributed by atoms with Crippen LogP contribution in [0.1, 0.15) is 15.9 Å². The van der Waals surface area contributed by atoms with Crippen LogP contribution in [0, 0.1) is 10.1 Å². The Morgan fingerprint density at radius 1 is 1.60 bits per heavy atom. The molecule has 0 saturated heterocycles. The van der Waals surface area contributed by atoms with Crippen LogP contribution in [0.3, 0.4) is 0 Å². The van der Waals surface area contributed by atoms with E-state index in [0.29, 0.717) is 0 Å². The van der Waals surface area contributed by atoms with Crippen LogP contribution in [0.5, 0.6) is 0 Å². The smallest absolute Gasteiger partial charge is 0.344 e. The van der Waals surface area contributed by atoms with Crippen molar-refractivity contribution in [3.63, 3.8) is 0 Å². The predicted octanol–water partition coefficient (Wildman–Crippen LogP) is 2.84. The van der Waals surface area contributed by atoms with Gasteiger partial charge in [0.1, 0.15) is 0 Å². The molecule has 0 aliphatic rings. The third-order valence-corrected chi connectivity index (χ3v) is 2.67. The summed E-state index contributed by atoms with van der Waals surface area (Å²) in [7, 11) is 0. The molecule has 0 aliphatic carbocycles. The number of alkyl halides is 1. The van der Waals surface area contributed by atoms with Crippen molar-refractivity contribution in [2.45, 2.75) is 5.33 Å². The van der Waals surface area contributed by atoms with E-state index in [1.165, 1.54) is 12.1 Å². The second-order valence-corrected chi connectivity index (χ2v) is 3.59. The fraction of sp³-hybridized carbons (Fsp3) is 0.125. The number of benzene rings is 1. The Labute approximate surface area is 97.9 Å². The highest BCUT2D eigenvalue weighted by Gasteiger charge is 2.26. The summed E-state index contributed by atoms with van der Waals surface area (Å²) in [5.41, 5.74) is -0.660. The molecule has 0 bridgehead atoms. The standard InChI is InChI=1S/C8H5BrClNO4/c9-3-4-1-2-5(10)6(8(12)13)7(4)11(14)15/h1-2H,3H2,(H,12,13). The molecule has 1 N–H and O–H groups in total. The molecule has 7 heteroatoms. The van der Waals surface area contributed by atoms with E-state index in [4.69, 9.17) is 16.7 Å². The van der Waals surface area contributed by atoms with Crippen molar-refractivity contribution in [2.24, 2.45) is 0 Å². The fourth-order valence-electron chi connectivity index (χ4n) is 1.13. The van der Waals surface area contributed by atoms with Crippen molar-refractivity contribution in [2.75, 3.05) is 0 Å². The van der Waals surface area contributed by atoms with Crippen molar-refractivity contribution < 1.29 is 14.8 Å². The largest absolute Gasteiger partial charge is 0.477 e. The molecule has 0 aliphatic heterocycles. The minimum absolute atomic E-state index is 0.140. The van der Waals surface area contributed by atoms with Gasteiger partial charge in [0, 0.05) is 10.9 Å². The van der Waals surface area contributed by atoms with E-state index < -0.39 is 22.1 Å². The number of hydrogen-bond acceptors (Lipinski definition) is 3. The summed E-state index contributed by atoms with van der Waals surface area (Å²) in [5.74, 6) is -1.41. The van der Waals surface area contributed by atoms with Crippen LogP contribution in [0.25, 0.3) is 0 Å². The van der Waals surface area contributed by atoms with E-state index in [1.807, 2.05) is 0 Å². The predicted molar refractivity (Wildman–Crippen MR) is 57.7 cm³/mol. The molecule has 15 heavy (non-hydrogen) atoms. The first-order valence-electron chi connectivity index (χ1n) is 3.74. The summed E-state index contributed by atoms with van der Waals surface area (Å²) in [5, 5.41) is 19.6. The molecule has 1 rings (SSSR count). The fourth-order valence-corrected chi connectivity index (χ4v) is 1.82. The molecule has 0 aromatic heterocycles. The molecule has 0 fully saturated rings. The van der Waals surface area contributed by atoms with Crippen molar-refractivity contribution in [1.29, 1.82) is 0 Å². The number of nitrogens with zero attached hydrogens (tertiary/aromatic N) is 1. The minimum Gasteiger partial charge on any atom is -0.477 e. The van der Waals surface area contributed by atoms with Gasteiger partial charge in [0.15, 0.2) is 5.56 Å². The maximum Gasteiger partial charge on any atom is 0.344 e. The van der Waals surface area contributed by atoms with Gasteiger partial charge in [-0.15, -0.1) is 0 Å². The molecular weight excluding hydrogens is 289 g/mol. The maximum atomic E-state index is 10.8. The van der Waals surface area contributed by atoms with Gasteiger partial charge in [-0.25, -0.2) is 4.79 Å². The van der Waals surface area contributed by atoms with Crippen LogP contribution in [-0.4, -0.2) is 16.0 Å². The lowest BCUT2D eigenvalue weighted by atomic mass is 10.1. The van der Waals surface area contributed by atoms with Gasteiger partial charge in [-0.3, -0.25) is 10.1 Å². The lowest BCUT2D eigenvalue weighted by Crippen LogP contribution is -2.06. The van der Waals surface area contributed by atoms with Crippen LogP contribution in [-0.2, 0) is 5.33 Å². The third kappa shape index (κ3) is 2.27. The molecule has 1 aromatic carbocycles. The topological polar surface area (TPSA) is 80.4 Å². The van der Waals surface area contributed by atoms with E-state index >= 15 is 0 Å². The Bertz CT molecular complexity index is 435. The SMILES string of the molecule is O=C(O)c1c(Cl)ccc(CBr)c1[N+](=O)[O-]. The average Bonchev–Trinajstić information content (AvgIpc) is 2.16. The first-order chi connectivity index (χ1) is 6.99. The maximum absolute atomic E-state index is 10.8. The lowest BCUT2D eigenvalue weighted by Gasteiger charge is -2.04. The minimum atomic E-state index is -1.41. The Kier molecular flexibility index (Phi) is 3.65. The highest BCUT2D eigenvalue weighted by atomic mass is 79.9.